The molecule has 0 saturated carbocycles. The number of phenolic OH excluding ortho intramolecular Hbond substituents is 1. The largest absolute Gasteiger partial charge is 0.506 e. The lowest BCUT2D eigenvalue weighted by Crippen LogP contribution is -2.36. The summed E-state index contributed by atoms with van der Waals surface area (Å²) in [7, 11) is 0. The van der Waals surface area contributed by atoms with Crippen molar-refractivity contribution in [3.8, 4) is 11.5 Å². The molecule has 0 bridgehead atoms. The number of aromatic hydroxyl groups is 1. The van der Waals surface area contributed by atoms with E-state index in [1.807, 2.05) is 6.07 Å². The summed E-state index contributed by atoms with van der Waals surface area (Å²) in [4.78, 5) is 23.8. The molecule has 2 amide bonds. The molecule has 6 nitrogen and oxygen atoms in total. The number of nitrogens with one attached hydrogen (secondary N) is 2. The molecular weight excluding hydrogens is 516 g/mol. The SMILES string of the molecule is CCC(C)(C)c1ccc(OCCCC(=O)Nc2ccc(NC(=O)[C@@H](F)C(F)(F)F)c(O)c2)c(C(C)(C)CC)c1. The fourth-order valence-corrected chi connectivity index (χ4v) is 3.70. The predicted molar refractivity (Wildman–Crippen MR) is 144 cm³/mol. The van der Waals surface area contributed by atoms with Crippen LogP contribution in [0, 0.1) is 0 Å². The maximum absolute atomic E-state index is 13.1. The normalized spacial score (nSPS) is 13.1. The summed E-state index contributed by atoms with van der Waals surface area (Å²) in [6.07, 6.45) is -6.64. The fourth-order valence-electron chi connectivity index (χ4n) is 3.70. The van der Waals surface area contributed by atoms with Gasteiger partial charge in [0.2, 0.25) is 5.91 Å². The molecule has 2 rings (SSSR count). The number of carbonyl (C=O) groups is 2. The third-order valence-electron chi connectivity index (χ3n) is 7.12. The van der Waals surface area contributed by atoms with Gasteiger partial charge in [0.25, 0.3) is 12.1 Å². The van der Waals surface area contributed by atoms with E-state index in [-0.39, 0.29) is 28.8 Å². The summed E-state index contributed by atoms with van der Waals surface area (Å²) in [5.74, 6) is -2.17. The molecule has 2 aromatic carbocycles. The molecule has 0 radical (unpaired) electrons. The Labute approximate surface area is 227 Å². The Morgan fingerprint density at radius 3 is 2.15 bits per heavy atom. The topological polar surface area (TPSA) is 87.7 Å². The van der Waals surface area contributed by atoms with Crippen LogP contribution in [0.2, 0.25) is 0 Å². The van der Waals surface area contributed by atoms with Gasteiger partial charge in [-0.3, -0.25) is 9.59 Å². The molecule has 0 fully saturated rings. The number of hydrogen-bond donors (Lipinski definition) is 3. The van der Waals surface area contributed by atoms with Gasteiger partial charge < -0.3 is 20.5 Å². The standard InChI is InChI=1S/C29H38F4N2O4/c1-7-27(3,4)18-11-14-23(20(16-18)28(5,6)8-2)39-15-9-10-24(37)34-19-12-13-21(22(36)17-19)35-26(38)25(30)29(31,32)33/h11-14,16-17,25,36H,7-10,15H2,1-6H3,(H,34,37)(H,35,38)/t25-/m1/s1. The lowest BCUT2D eigenvalue weighted by atomic mass is 9.76. The molecule has 0 aliphatic heterocycles. The van der Waals surface area contributed by atoms with Crippen LogP contribution in [0.1, 0.15) is 78.4 Å². The Bertz CT molecular complexity index is 1160. The zero-order chi connectivity index (χ0) is 29.6. The number of ether oxygens (including phenoxy) is 1. The number of halogens is 4. The van der Waals surface area contributed by atoms with E-state index < -0.39 is 29.7 Å². The minimum absolute atomic E-state index is 0.0339. The summed E-state index contributed by atoms with van der Waals surface area (Å²) in [6.45, 7) is 13.4. The van der Waals surface area contributed by atoms with E-state index in [1.165, 1.54) is 11.6 Å². The van der Waals surface area contributed by atoms with Crippen LogP contribution in [0.25, 0.3) is 0 Å². The van der Waals surface area contributed by atoms with Gasteiger partial charge in [-0.25, -0.2) is 4.39 Å². The fraction of sp³-hybridized carbons (Fsp3) is 0.517. The van der Waals surface area contributed by atoms with Gasteiger partial charge in [-0.2, -0.15) is 13.2 Å². The summed E-state index contributed by atoms with van der Waals surface area (Å²) >= 11 is 0. The van der Waals surface area contributed by atoms with Gasteiger partial charge in [-0.15, -0.1) is 0 Å². The first-order chi connectivity index (χ1) is 18.0. The van der Waals surface area contributed by atoms with Crippen LogP contribution in [0.15, 0.2) is 36.4 Å². The molecule has 0 saturated heterocycles. The van der Waals surface area contributed by atoms with Crippen molar-refractivity contribution in [2.75, 3.05) is 17.2 Å². The molecule has 39 heavy (non-hydrogen) atoms. The monoisotopic (exact) mass is 554 g/mol. The van der Waals surface area contributed by atoms with E-state index in [9.17, 15) is 32.3 Å². The van der Waals surface area contributed by atoms with E-state index in [2.05, 4.69) is 59.0 Å². The zero-order valence-corrected chi connectivity index (χ0v) is 23.3. The Kier molecular flexibility index (Phi) is 10.4. The zero-order valence-electron chi connectivity index (χ0n) is 23.3. The van der Waals surface area contributed by atoms with E-state index >= 15 is 0 Å². The highest BCUT2D eigenvalue weighted by Gasteiger charge is 2.45. The number of carbonyl (C=O) groups excluding carboxylic acids is 2. The van der Waals surface area contributed by atoms with Crippen LogP contribution in [0.3, 0.4) is 0 Å². The van der Waals surface area contributed by atoms with E-state index in [0.29, 0.717) is 13.0 Å². The van der Waals surface area contributed by atoms with Gasteiger partial charge in [0.05, 0.1) is 12.3 Å². The predicted octanol–water partition coefficient (Wildman–Crippen LogP) is 7.40. The second-order valence-corrected chi connectivity index (χ2v) is 10.8. The molecule has 10 heteroatoms. The number of phenols is 1. The van der Waals surface area contributed by atoms with Crippen molar-refractivity contribution in [3.05, 3.63) is 47.5 Å². The lowest BCUT2D eigenvalue weighted by Gasteiger charge is -2.30. The van der Waals surface area contributed by atoms with Crippen LogP contribution in [-0.4, -0.2) is 35.9 Å². The highest BCUT2D eigenvalue weighted by Crippen LogP contribution is 2.38. The highest BCUT2D eigenvalue weighted by molar-refractivity contribution is 5.97. The summed E-state index contributed by atoms with van der Waals surface area (Å²) in [5, 5.41) is 14.2. The number of benzene rings is 2. The number of alkyl halides is 4. The molecule has 3 N–H and O–H groups in total. The highest BCUT2D eigenvalue weighted by atomic mass is 19.4. The number of amides is 2. The minimum Gasteiger partial charge on any atom is -0.506 e. The molecule has 0 aliphatic carbocycles. The summed E-state index contributed by atoms with van der Waals surface area (Å²) < 4.78 is 56.2. The van der Waals surface area contributed by atoms with E-state index in [1.54, 1.807) is 5.32 Å². The van der Waals surface area contributed by atoms with Crippen molar-refractivity contribution >= 4 is 23.2 Å². The first-order valence-electron chi connectivity index (χ1n) is 12.9. The lowest BCUT2D eigenvalue weighted by molar-refractivity contribution is -0.183. The van der Waals surface area contributed by atoms with Crippen LogP contribution in [-0.2, 0) is 20.4 Å². The molecule has 0 spiro atoms. The van der Waals surface area contributed by atoms with Crippen molar-refractivity contribution < 1.29 is 37.0 Å². The summed E-state index contributed by atoms with van der Waals surface area (Å²) in [5.41, 5.74) is 2.03. The van der Waals surface area contributed by atoms with Crippen LogP contribution in [0.5, 0.6) is 11.5 Å². The third kappa shape index (κ3) is 8.60. The van der Waals surface area contributed by atoms with Gasteiger partial charge in [-0.05, 0) is 53.9 Å². The molecule has 2 aromatic rings. The molecule has 0 heterocycles. The van der Waals surface area contributed by atoms with Crippen LogP contribution >= 0.6 is 0 Å². The van der Waals surface area contributed by atoms with Crippen molar-refractivity contribution in [3.63, 3.8) is 0 Å². The molecule has 1 atom stereocenters. The summed E-state index contributed by atoms with van der Waals surface area (Å²) in [6, 6.07) is 9.66. The average Bonchev–Trinajstić information content (AvgIpc) is 2.87. The van der Waals surface area contributed by atoms with E-state index in [0.717, 1.165) is 36.3 Å². The number of anilines is 2. The van der Waals surface area contributed by atoms with Gasteiger partial charge in [0, 0.05) is 23.7 Å². The smallest absolute Gasteiger partial charge is 0.428 e. The number of rotatable bonds is 12. The second-order valence-electron chi connectivity index (χ2n) is 10.8. The van der Waals surface area contributed by atoms with Crippen molar-refractivity contribution in [2.45, 2.75) is 90.4 Å². The molecule has 0 aromatic heterocycles. The van der Waals surface area contributed by atoms with Crippen LogP contribution in [0.4, 0.5) is 28.9 Å². The minimum atomic E-state index is -5.36. The molecule has 216 valence electrons. The van der Waals surface area contributed by atoms with Gasteiger partial charge >= 0.3 is 6.18 Å². The van der Waals surface area contributed by atoms with Gasteiger partial charge in [0.15, 0.2) is 0 Å². The van der Waals surface area contributed by atoms with Crippen molar-refractivity contribution in [1.29, 1.82) is 0 Å². The maximum atomic E-state index is 13.1. The third-order valence-corrected chi connectivity index (χ3v) is 7.12. The quantitative estimate of drug-likeness (QED) is 0.145. The van der Waals surface area contributed by atoms with E-state index in [4.69, 9.17) is 4.74 Å². The molecule has 0 aliphatic rings. The maximum Gasteiger partial charge on any atom is 0.428 e. The Morgan fingerprint density at radius 1 is 0.949 bits per heavy atom. The Hall–Kier alpha value is -3.30. The van der Waals surface area contributed by atoms with Gasteiger partial charge in [0.1, 0.15) is 11.5 Å². The van der Waals surface area contributed by atoms with Crippen molar-refractivity contribution in [2.24, 2.45) is 0 Å². The first-order valence-corrected chi connectivity index (χ1v) is 12.9. The Morgan fingerprint density at radius 2 is 1.59 bits per heavy atom. The first kappa shape index (κ1) is 31.9. The Balaban J connectivity index is 1.96. The van der Waals surface area contributed by atoms with Crippen molar-refractivity contribution in [1.82, 2.24) is 0 Å². The molecule has 0 unspecified atom stereocenters. The second kappa shape index (κ2) is 12.7. The number of hydrogen-bond acceptors (Lipinski definition) is 4. The van der Waals surface area contributed by atoms with Gasteiger partial charge in [-0.1, -0.05) is 53.7 Å². The molecular formula is C29H38F4N2O4. The average molecular weight is 555 g/mol. The van der Waals surface area contributed by atoms with Crippen LogP contribution < -0.4 is 15.4 Å².